The Kier molecular flexibility index (Phi) is 5.22. The molecule has 1 aliphatic rings. The summed E-state index contributed by atoms with van der Waals surface area (Å²) >= 11 is 0. The maximum atomic E-state index is 6.25. The van der Waals surface area contributed by atoms with Crippen molar-refractivity contribution in [3.63, 3.8) is 0 Å². The maximum absolute atomic E-state index is 6.25. The zero-order chi connectivity index (χ0) is 19.7. The number of nitrogens with one attached hydrogen (secondary N) is 1. The third-order valence-corrected chi connectivity index (χ3v) is 5.41. The van der Waals surface area contributed by atoms with Crippen molar-refractivity contribution in [2.45, 2.75) is 45.7 Å². The van der Waals surface area contributed by atoms with Crippen LogP contribution in [0.25, 0.3) is 11.1 Å². The van der Waals surface area contributed by atoms with Gasteiger partial charge in [0.25, 0.3) is 0 Å². The molecule has 28 heavy (non-hydrogen) atoms. The number of aromatic nitrogens is 2. The molecule has 0 aliphatic carbocycles. The third-order valence-electron chi connectivity index (χ3n) is 5.41. The number of pyridine rings is 2. The summed E-state index contributed by atoms with van der Waals surface area (Å²) in [6, 6.07) is 6.29. The smallest absolute Gasteiger partial charge is 0.152 e. The Morgan fingerprint density at radius 3 is 2.93 bits per heavy atom. The predicted octanol–water partition coefficient (Wildman–Crippen LogP) is 4.13. The standard InChI is InChI=1S/C22H29N5O/c1-14(2)18-13-28-21-5-4-17(26-22(18)21)9-25-19-10-24-7-6-20(19)27-11-15(3)8-16(23)12-27/h4-7,10,13-16,25H,8-9,11-12,23H2,1-3H3/t15-,16+/m1/s1. The second-order valence-electron chi connectivity index (χ2n) is 8.25. The van der Waals surface area contributed by atoms with Crippen LogP contribution in [0.1, 0.15) is 44.4 Å². The van der Waals surface area contributed by atoms with E-state index in [2.05, 4.69) is 42.0 Å². The van der Waals surface area contributed by atoms with Gasteiger partial charge < -0.3 is 20.4 Å². The van der Waals surface area contributed by atoms with E-state index in [1.54, 1.807) is 0 Å². The molecule has 0 bridgehead atoms. The van der Waals surface area contributed by atoms with E-state index in [4.69, 9.17) is 15.1 Å². The Morgan fingerprint density at radius 1 is 1.29 bits per heavy atom. The Hall–Kier alpha value is -2.60. The average Bonchev–Trinajstić information content (AvgIpc) is 3.09. The lowest BCUT2D eigenvalue weighted by Crippen LogP contribution is -2.46. The van der Waals surface area contributed by atoms with Gasteiger partial charge in [0.1, 0.15) is 5.52 Å². The topological polar surface area (TPSA) is 80.2 Å². The van der Waals surface area contributed by atoms with Crippen LogP contribution in [0, 0.1) is 5.92 Å². The molecule has 0 aromatic carbocycles. The summed E-state index contributed by atoms with van der Waals surface area (Å²) in [4.78, 5) is 11.5. The molecule has 4 heterocycles. The van der Waals surface area contributed by atoms with Gasteiger partial charge >= 0.3 is 0 Å². The second-order valence-corrected chi connectivity index (χ2v) is 8.25. The number of rotatable bonds is 5. The highest BCUT2D eigenvalue weighted by Crippen LogP contribution is 2.30. The summed E-state index contributed by atoms with van der Waals surface area (Å²) in [5.74, 6) is 0.969. The Labute approximate surface area is 166 Å². The highest BCUT2D eigenvalue weighted by molar-refractivity contribution is 5.77. The van der Waals surface area contributed by atoms with E-state index >= 15 is 0 Å². The number of hydrogen-bond donors (Lipinski definition) is 2. The zero-order valence-corrected chi connectivity index (χ0v) is 16.9. The minimum absolute atomic E-state index is 0.212. The van der Waals surface area contributed by atoms with Gasteiger partial charge in [-0.25, -0.2) is 4.98 Å². The first-order valence-corrected chi connectivity index (χ1v) is 10.1. The number of piperidine rings is 1. The summed E-state index contributed by atoms with van der Waals surface area (Å²) in [6.45, 7) is 9.10. The lowest BCUT2D eigenvalue weighted by Gasteiger charge is -2.37. The number of anilines is 2. The molecule has 3 aromatic rings. The lowest BCUT2D eigenvalue weighted by atomic mass is 9.96. The van der Waals surface area contributed by atoms with Crippen LogP contribution in [0.3, 0.4) is 0 Å². The van der Waals surface area contributed by atoms with Gasteiger partial charge in [-0.05, 0) is 36.5 Å². The molecule has 3 N–H and O–H groups in total. The van der Waals surface area contributed by atoms with Gasteiger partial charge in [0, 0.05) is 30.9 Å². The third kappa shape index (κ3) is 3.83. The molecule has 0 unspecified atom stereocenters. The van der Waals surface area contributed by atoms with Gasteiger partial charge in [-0.2, -0.15) is 0 Å². The highest BCUT2D eigenvalue weighted by Gasteiger charge is 2.24. The molecule has 0 spiro atoms. The van der Waals surface area contributed by atoms with Crippen LogP contribution in [-0.2, 0) is 6.54 Å². The number of hydrogen-bond acceptors (Lipinski definition) is 6. The van der Waals surface area contributed by atoms with E-state index in [0.29, 0.717) is 18.4 Å². The molecule has 6 heteroatoms. The van der Waals surface area contributed by atoms with Crippen LogP contribution in [0.4, 0.5) is 11.4 Å². The van der Waals surface area contributed by atoms with Crippen LogP contribution in [0.2, 0.25) is 0 Å². The van der Waals surface area contributed by atoms with Crippen molar-refractivity contribution in [2.75, 3.05) is 23.3 Å². The van der Waals surface area contributed by atoms with Crippen LogP contribution in [0.15, 0.2) is 41.3 Å². The van der Waals surface area contributed by atoms with Crippen molar-refractivity contribution in [1.29, 1.82) is 0 Å². The molecular formula is C22H29N5O. The van der Waals surface area contributed by atoms with Crippen LogP contribution in [-0.4, -0.2) is 29.1 Å². The Balaban J connectivity index is 1.54. The van der Waals surface area contributed by atoms with Gasteiger partial charge in [0.2, 0.25) is 0 Å². The van der Waals surface area contributed by atoms with Crippen molar-refractivity contribution in [2.24, 2.45) is 11.7 Å². The molecule has 0 saturated carbocycles. The molecule has 1 aliphatic heterocycles. The van der Waals surface area contributed by atoms with Crippen molar-refractivity contribution >= 4 is 22.5 Å². The molecule has 6 nitrogen and oxygen atoms in total. The molecule has 2 atom stereocenters. The minimum Gasteiger partial charge on any atom is -0.462 e. The van der Waals surface area contributed by atoms with Gasteiger partial charge in [0.15, 0.2) is 5.58 Å². The quantitative estimate of drug-likeness (QED) is 0.694. The van der Waals surface area contributed by atoms with E-state index in [-0.39, 0.29) is 6.04 Å². The molecule has 1 fully saturated rings. The first-order chi connectivity index (χ1) is 13.5. The summed E-state index contributed by atoms with van der Waals surface area (Å²) in [6.07, 6.45) is 6.63. The van der Waals surface area contributed by atoms with Gasteiger partial charge in [-0.1, -0.05) is 20.8 Å². The summed E-state index contributed by atoms with van der Waals surface area (Å²) in [5, 5.41) is 3.52. The van der Waals surface area contributed by atoms with E-state index in [1.807, 2.05) is 30.8 Å². The normalized spacial score (nSPS) is 20.1. The van der Waals surface area contributed by atoms with Crippen molar-refractivity contribution in [3.8, 4) is 0 Å². The van der Waals surface area contributed by atoms with Crippen molar-refractivity contribution < 1.29 is 4.42 Å². The number of fused-ring (bicyclic) bond motifs is 1. The fourth-order valence-corrected chi connectivity index (χ4v) is 4.06. The van der Waals surface area contributed by atoms with E-state index < -0.39 is 0 Å². The Morgan fingerprint density at radius 2 is 2.14 bits per heavy atom. The van der Waals surface area contributed by atoms with Crippen LogP contribution in [0.5, 0.6) is 0 Å². The summed E-state index contributed by atoms with van der Waals surface area (Å²) in [5.41, 5.74) is 12.3. The highest BCUT2D eigenvalue weighted by atomic mass is 16.3. The van der Waals surface area contributed by atoms with Crippen LogP contribution >= 0.6 is 0 Å². The number of furan rings is 1. The molecule has 1 saturated heterocycles. The molecule has 4 rings (SSSR count). The number of nitrogens with two attached hydrogens (primary N) is 1. The fourth-order valence-electron chi connectivity index (χ4n) is 4.06. The maximum Gasteiger partial charge on any atom is 0.152 e. The first kappa shape index (κ1) is 18.7. The van der Waals surface area contributed by atoms with Gasteiger partial charge in [-0.15, -0.1) is 0 Å². The van der Waals surface area contributed by atoms with Crippen LogP contribution < -0.4 is 16.0 Å². The largest absolute Gasteiger partial charge is 0.462 e. The molecule has 3 aromatic heterocycles. The molecule has 0 radical (unpaired) electrons. The number of nitrogens with zero attached hydrogens (tertiary/aromatic N) is 3. The lowest BCUT2D eigenvalue weighted by molar-refractivity contribution is 0.402. The summed E-state index contributed by atoms with van der Waals surface area (Å²) in [7, 11) is 0. The second kappa shape index (κ2) is 7.80. The SMILES string of the molecule is CC(C)c1coc2ccc(CNc3cnccc3N3C[C@H](C)C[C@H](N)C3)nc12. The van der Waals surface area contributed by atoms with E-state index in [0.717, 1.165) is 53.2 Å². The summed E-state index contributed by atoms with van der Waals surface area (Å²) < 4.78 is 5.64. The fraction of sp³-hybridized carbons (Fsp3) is 0.455. The molecular weight excluding hydrogens is 350 g/mol. The van der Waals surface area contributed by atoms with Gasteiger partial charge in [-0.3, -0.25) is 4.98 Å². The predicted molar refractivity (Wildman–Crippen MR) is 114 cm³/mol. The first-order valence-electron chi connectivity index (χ1n) is 10.1. The zero-order valence-electron chi connectivity index (χ0n) is 16.9. The van der Waals surface area contributed by atoms with Crippen molar-refractivity contribution in [3.05, 3.63) is 48.1 Å². The average molecular weight is 380 g/mol. The monoisotopic (exact) mass is 379 g/mol. The Bertz CT molecular complexity index is 941. The minimum atomic E-state index is 0.212. The van der Waals surface area contributed by atoms with E-state index in [1.165, 1.54) is 0 Å². The van der Waals surface area contributed by atoms with Gasteiger partial charge in [0.05, 0.1) is 36.1 Å². The molecule has 148 valence electrons. The van der Waals surface area contributed by atoms with Crippen molar-refractivity contribution in [1.82, 2.24) is 9.97 Å². The molecule has 0 amide bonds. The van der Waals surface area contributed by atoms with E-state index in [9.17, 15) is 0 Å².